The van der Waals surface area contributed by atoms with Crippen LogP contribution in [0.25, 0.3) is 5.69 Å². The van der Waals surface area contributed by atoms with Gasteiger partial charge >= 0.3 is 0 Å². The Morgan fingerprint density at radius 1 is 1.18 bits per heavy atom. The number of benzene rings is 1. The molecule has 2 aromatic rings. The van der Waals surface area contributed by atoms with Crippen molar-refractivity contribution in [2.45, 2.75) is 26.8 Å². The maximum atomic E-state index is 12.1. The maximum absolute atomic E-state index is 12.1. The van der Waals surface area contributed by atoms with Crippen molar-refractivity contribution in [3.63, 3.8) is 0 Å². The lowest BCUT2D eigenvalue weighted by Crippen LogP contribution is -2.21. The van der Waals surface area contributed by atoms with Crippen LogP contribution in [0, 0.1) is 0 Å². The molecule has 17 heavy (non-hydrogen) atoms. The summed E-state index contributed by atoms with van der Waals surface area (Å²) in [6.07, 6.45) is 0.759. The van der Waals surface area contributed by atoms with E-state index in [9.17, 15) is 4.79 Å². The lowest BCUT2D eigenvalue weighted by Gasteiger charge is -2.11. The van der Waals surface area contributed by atoms with Crippen molar-refractivity contribution in [3.8, 4) is 5.69 Å². The molecule has 0 spiro atoms. The Balaban J connectivity index is 2.74. The van der Waals surface area contributed by atoms with Crippen molar-refractivity contribution in [3.05, 3.63) is 46.4 Å². The number of nitrogen functional groups attached to an aromatic ring is 1. The van der Waals surface area contributed by atoms with Crippen LogP contribution in [0.1, 0.15) is 19.5 Å². The molecule has 2 rings (SSSR count). The van der Waals surface area contributed by atoms with E-state index in [2.05, 4.69) is 0 Å². The smallest absolute Gasteiger partial charge is 0.294 e. The highest BCUT2D eigenvalue weighted by atomic mass is 16.1. The van der Waals surface area contributed by atoms with E-state index in [-0.39, 0.29) is 5.56 Å². The number of hydrogen-bond acceptors (Lipinski definition) is 2. The van der Waals surface area contributed by atoms with E-state index < -0.39 is 0 Å². The van der Waals surface area contributed by atoms with Gasteiger partial charge < -0.3 is 5.73 Å². The summed E-state index contributed by atoms with van der Waals surface area (Å²) in [7, 11) is 0. The van der Waals surface area contributed by atoms with Gasteiger partial charge in [0.2, 0.25) is 0 Å². The summed E-state index contributed by atoms with van der Waals surface area (Å²) in [5, 5.41) is 0. The van der Waals surface area contributed by atoms with Crippen LogP contribution in [-0.4, -0.2) is 9.36 Å². The SMILES string of the molecule is CCc1c(N)c(=O)n(-c2ccccc2)n1CC. The minimum absolute atomic E-state index is 0.130. The second-order valence-electron chi connectivity index (χ2n) is 3.88. The Kier molecular flexibility index (Phi) is 3.04. The largest absolute Gasteiger partial charge is 0.393 e. The predicted molar refractivity (Wildman–Crippen MR) is 69.5 cm³/mol. The summed E-state index contributed by atoms with van der Waals surface area (Å²) < 4.78 is 3.58. The van der Waals surface area contributed by atoms with Gasteiger partial charge in [0.15, 0.2) is 0 Å². The van der Waals surface area contributed by atoms with Crippen molar-refractivity contribution < 1.29 is 0 Å². The monoisotopic (exact) mass is 231 g/mol. The summed E-state index contributed by atoms with van der Waals surface area (Å²) in [6, 6.07) is 9.57. The third-order valence-corrected chi connectivity index (χ3v) is 2.92. The molecule has 1 heterocycles. The molecular formula is C13H17N3O. The summed E-state index contributed by atoms with van der Waals surface area (Å²) in [6.45, 7) is 4.74. The normalized spacial score (nSPS) is 10.7. The van der Waals surface area contributed by atoms with Gasteiger partial charge in [-0.05, 0) is 25.5 Å². The van der Waals surface area contributed by atoms with Gasteiger partial charge in [0, 0.05) is 6.54 Å². The molecule has 4 nitrogen and oxygen atoms in total. The molecule has 0 saturated heterocycles. The van der Waals surface area contributed by atoms with Gasteiger partial charge in [-0.15, -0.1) is 0 Å². The highest BCUT2D eigenvalue weighted by Gasteiger charge is 2.15. The average molecular weight is 231 g/mol. The first-order valence-electron chi connectivity index (χ1n) is 5.86. The van der Waals surface area contributed by atoms with Crippen molar-refractivity contribution in [2.75, 3.05) is 5.73 Å². The molecule has 0 aliphatic heterocycles. The third-order valence-electron chi connectivity index (χ3n) is 2.92. The quantitative estimate of drug-likeness (QED) is 0.875. The molecule has 0 bridgehead atoms. The van der Waals surface area contributed by atoms with Gasteiger partial charge in [-0.2, -0.15) is 0 Å². The van der Waals surface area contributed by atoms with Crippen LogP contribution < -0.4 is 11.3 Å². The Labute approximate surface area is 100 Å². The molecule has 1 aromatic carbocycles. The summed E-state index contributed by atoms with van der Waals surface area (Å²) in [5.41, 5.74) is 7.86. The number of nitrogens with zero attached hydrogens (tertiary/aromatic N) is 2. The van der Waals surface area contributed by atoms with E-state index in [1.165, 1.54) is 0 Å². The number of hydrogen-bond donors (Lipinski definition) is 1. The standard InChI is InChI=1S/C13H17N3O/c1-3-11-12(14)13(17)16(15(11)4-2)10-8-6-5-7-9-10/h5-9H,3-4,14H2,1-2H3. The van der Waals surface area contributed by atoms with Crippen LogP contribution in [0.5, 0.6) is 0 Å². The molecule has 4 heteroatoms. The van der Waals surface area contributed by atoms with Crippen LogP contribution in [-0.2, 0) is 13.0 Å². The number of nitrogens with two attached hydrogens (primary N) is 1. The van der Waals surface area contributed by atoms with E-state index in [0.717, 1.165) is 24.3 Å². The van der Waals surface area contributed by atoms with Crippen molar-refractivity contribution in [1.29, 1.82) is 0 Å². The third kappa shape index (κ3) is 1.75. The molecule has 0 atom stereocenters. The van der Waals surface area contributed by atoms with Gasteiger partial charge in [0.05, 0.1) is 11.4 Å². The maximum Gasteiger partial charge on any atom is 0.294 e. The molecule has 0 unspecified atom stereocenters. The van der Waals surface area contributed by atoms with E-state index in [0.29, 0.717) is 5.69 Å². The minimum atomic E-state index is -0.130. The number of aromatic nitrogens is 2. The first kappa shape index (κ1) is 11.5. The molecule has 1 aromatic heterocycles. The van der Waals surface area contributed by atoms with E-state index in [1.54, 1.807) is 4.68 Å². The fraction of sp³-hybridized carbons (Fsp3) is 0.308. The zero-order valence-corrected chi connectivity index (χ0v) is 10.2. The van der Waals surface area contributed by atoms with Crippen LogP contribution in [0.3, 0.4) is 0 Å². The van der Waals surface area contributed by atoms with Crippen LogP contribution in [0.15, 0.2) is 35.1 Å². The molecule has 2 N–H and O–H groups in total. The van der Waals surface area contributed by atoms with Gasteiger partial charge in [-0.3, -0.25) is 9.48 Å². The first-order valence-corrected chi connectivity index (χ1v) is 5.86. The molecule has 90 valence electrons. The summed E-state index contributed by atoms with van der Waals surface area (Å²) in [4.78, 5) is 12.1. The highest BCUT2D eigenvalue weighted by Crippen LogP contribution is 2.13. The molecule has 0 amide bonds. The Morgan fingerprint density at radius 3 is 2.35 bits per heavy atom. The fourth-order valence-corrected chi connectivity index (χ4v) is 2.14. The minimum Gasteiger partial charge on any atom is -0.393 e. The lowest BCUT2D eigenvalue weighted by atomic mass is 10.3. The van der Waals surface area contributed by atoms with Gasteiger partial charge in [0.25, 0.3) is 5.56 Å². The molecule has 0 saturated carbocycles. The fourth-order valence-electron chi connectivity index (χ4n) is 2.14. The second-order valence-corrected chi connectivity index (χ2v) is 3.88. The Bertz CT molecular complexity index is 566. The molecule has 0 fully saturated rings. The Morgan fingerprint density at radius 2 is 1.82 bits per heavy atom. The van der Waals surface area contributed by atoms with Crippen molar-refractivity contribution in [2.24, 2.45) is 0 Å². The van der Waals surface area contributed by atoms with Crippen LogP contribution in [0.4, 0.5) is 5.69 Å². The van der Waals surface area contributed by atoms with Gasteiger partial charge in [0.1, 0.15) is 5.69 Å². The zero-order valence-electron chi connectivity index (χ0n) is 10.2. The highest BCUT2D eigenvalue weighted by molar-refractivity contribution is 5.45. The number of rotatable bonds is 3. The summed E-state index contributed by atoms with van der Waals surface area (Å²) in [5.74, 6) is 0. The average Bonchev–Trinajstić information content (AvgIpc) is 2.62. The first-order chi connectivity index (χ1) is 8.20. The molecule has 0 aliphatic carbocycles. The number of para-hydroxylation sites is 1. The van der Waals surface area contributed by atoms with E-state index >= 15 is 0 Å². The molecule has 0 aliphatic rings. The van der Waals surface area contributed by atoms with E-state index in [4.69, 9.17) is 5.73 Å². The Hall–Kier alpha value is -1.97. The van der Waals surface area contributed by atoms with Crippen LogP contribution >= 0.6 is 0 Å². The molecule has 0 radical (unpaired) electrons. The van der Waals surface area contributed by atoms with Crippen molar-refractivity contribution >= 4 is 5.69 Å². The predicted octanol–water partition coefficient (Wildman–Crippen LogP) is 1.80. The van der Waals surface area contributed by atoms with Crippen molar-refractivity contribution in [1.82, 2.24) is 9.36 Å². The lowest BCUT2D eigenvalue weighted by molar-refractivity contribution is 0.551. The number of anilines is 1. The van der Waals surface area contributed by atoms with Gasteiger partial charge in [-0.25, -0.2) is 4.68 Å². The van der Waals surface area contributed by atoms with E-state index in [1.807, 2.05) is 48.9 Å². The topological polar surface area (TPSA) is 53.0 Å². The van der Waals surface area contributed by atoms with Gasteiger partial charge in [-0.1, -0.05) is 25.1 Å². The molecular weight excluding hydrogens is 214 g/mol. The van der Waals surface area contributed by atoms with Crippen LogP contribution in [0.2, 0.25) is 0 Å². The zero-order chi connectivity index (χ0) is 12.4. The second kappa shape index (κ2) is 4.49. The summed E-state index contributed by atoms with van der Waals surface area (Å²) >= 11 is 0.